The fourth-order valence-corrected chi connectivity index (χ4v) is 2.29. The molecule has 0 radical (unpaired) electrons. The van der Waals surface area contributed by atoms with E-state index in [0.717, 1.165) is 16.6 Å². The van der Waals surface area contributed by atoms with Gasteiger partial charge in [-0.15, -0.1) is 0 Å². The molecule has 16 heavy (non-hydrogen) atoms. The lowest BCUT2D eigenvalue weighted by Crippen LogP contribution is -2.39. The smallest absolute Gasteiger partial charge is 0.173 e. The molecular weight excluding hydrogens is 236 g/mol. The molecule has 0 amide bonds. The molecule has 2 nitrogen and oxygen atoms in total. The first-order valence-corrected chi connectivity index (χ1v) is 7.03. The van der Waals surface area contributed by atoms with Crippen LogP contribution in [0.5, 0.6) is 0 Å². The maximum Gasteiger partial charge on any atom is 0.173 e. The predicted molar refractivity (Wildman–Crippen MR) is 78.3 cm³/mol. The predicted octanol–water partition coefficient (Wildman–Crippen LogP) is 3.07. The number of para-hydroxylation sites is 1. The van der Waals surface area contributed by atoms with Crippen molar-refractivity contribution in [3.05, 3.63) is 30.3 Å². The molecule has 0 aliphatic carbocycles. The summed E-state index contributed by atoms with van der Waals surface area (Å²) in [7, 11) is 2.03. The Kier molecular flexibility index (Phi) is 5.63. The summed E-state index contributed by atoms with van der Waals surface area (Å²) in [5, 5.41) is 4.00. The zero-order chi connectivity index (χ0) is 12.0. The molecule has 0 fully saturated rings. The number of nitrogens with one attached hydrogen (secondary N) is 1. The molecule has 0 aromatic heterocycles. The SMILES string of the molecule is CSCC(C)N(C)C(=S)Nc1ccccc1. The van der Waals surface area contributed by atoms with Gasteiger partial charge in [-0.25, -0.2) is 0 Å². The first-order chi connectivity index (χ1) is 7.65. The molecule has 0 aliphatic heterocycles. The molecule has 0 saturated carbocycles. The van der Waals surface area contributed by atoms with Crippen LogP contribution in [0, 0.1) is 0 Å². The van der Waals surface area contributed by atoms with Gasteiger partial charge in [-0.05, 0) is 37.5 Å². The fraction of sp³-hybridized carbons (Fsp3) is 0.417. The number of anilines is 1. The fourth-order valence-electron chi connectivity index (χ4n) is 1.29. The van der Waals surface area contributed by atoms with Crippen molar-refractivity contribution < 1.29 is 0 Å². The molecule has 4 heteroatoms. The van der Waals surface area contributed by atoms with Gasteiger partial charge >= 0.3 is 0 Å². The third kappa shape index (κ3) is 4.02. The second-order valence-electron chi connectivity index (χ2n) is 3.71. The van der Waals surface area contributed by atoms with Crippen molar-refractivity contribution in [3.8, 4) is 0 Å². The van der Waals surface area contributed by atoms with Crippen molar-refractivity contribution in [2.45, 2.75) is 13.0 Å². The van der Waals surface area contributed by atoms with Crippen molar-refractivity contribution >= 4 is 34.8 Å². The summed E-state index contributed by atoms with van der Waals surface area (Å²) >= 11 is 7.19. The second kappa shape index (κ2) is 6.76. The molecule has 0 spiro atoms. The average Bonchev–Trinajstić information content (AvgIpc) is 2.29. The topological polar surface area (TPSA) is 15.3 Å². The van der Waals surface area contributed by atoms with Crippen LogP contribution in [0.25, 0.3) is 0 Å². The molecular formula is C12H18N2S2. The Morgan fingerprint density at radius 2 is 2.06 bits per heavy atom. The minimum absolute atomic E-state index is 0.443. The maximum absolute atomic E-state index is 5.35. The highest BCUT2D eigenvalue weighted by Gasteiger charge is 2.11. The highest BCUT2D eigenvalue weighted by Crippen LogP contribution is 2.09. The van der Waals surface area contributed by atoms with Crippen molar-refractivity contribution in [1.29, 1.82) is 0 Å². The summed E-state index contributed by atoms with van der Waals surface area (Å²) in [6.07, 6.45) is 2.11. The molecule has 1 atom stereocenters. The van der Waals surface area contributed by atoms with Gasteiger partial charge in [-0.1, -0.05) is 18.2 Å². The third-order valence-electron chi connectivity index (χ3n) is 2.41. The highest BCUT2D eigenvalue weighted by molar-refractivity contribution is 7.98. The van der Waals surface area contributed by atoms with Crippen LogP contribution >= 0.6 is 24.0 Å². The molecule has 0 bridgehead atoms. The van der Waals surface area contributed by atoms with Crippen molar-refractivity contribution in [1.82, 2.24) is 4.90 Å². The van der Waals surface area contributed by atoms with Crippen molar-refractivity contribution in [3.63, 3.8) is 0 Å². The molecule has 1 unspecified atom stereocenters. The number of benzene rings is 1. The molecule has 1 N–H and O–H groups in total. The van der Waals surface area contributed by atoms with E-state index in [4.69, 9.17) is 12.2 Å². The molecule has 0 saturated heterocycles. The molecule has 88 valence electrons. The van der Waals surface area contributed by atoms with Gasteiger partial charge in [-0.3, -0.25) is 0 Å². The van der Waals surface area contributed by atoms with E-state index in [1.165, 1.54) is 0 Å². The number of nitrogens with zero attached hydrogens (tertiary/aromatic N) is 1. The Labute approximate surface area is 107 Å². The monoisotopic (exact) mass is 254 g/mol. The summed E-state index contributed by atoms with van der Waals surface area (Å²) < 4.78 is 0. The minimum atomic E-state index is 0.443. The largest absolute Gasteiger partial charge is 0.349 e. The zero-order valence-corrected chi connectivity index (χ0v) is 11.6. The van der Waals surface area contributed by atoms with Crippen LogP contribution in [0.3, 0.4) is 0 Å². The third-order valence-corrected chi connectivity index (χ3v) is 3.62. The van der Waals surface area contributed by atoms with Crippen LogP contribution in [0.1, 0.15) is 6.92 Å². The van der Waals surface area contributed by atoms with Crippen molar-refractivity contribution in [2.24, 2.45) is 0 Å². The number of thiocarbonyl (C=S) groups is 1. The van der Waals surface area contributed by atoms with E-state index < -0.39 is 0 Å². The lowest BCUT2D eigenvalue weighted by Gasteiger charge is -2.27. The van der Waals surface area contributed by atoms with Gasteiger partial charge in [0.1, 0.15) is 0 Å². The standard InChI is InChI=1S/C12H18N2S2/c1-10(9-16-3)14(2)12(15)13-11-7-5-4-6-8-11/h4-8,10H,9H2,1-3H3,(H,13,15). The van der Waals surface area contributed by atoms with E-state index in [2.05, 4.69) is 23.4 Å². The maximum atomic E-state index is 5.35. The molecule has 0 aliphatic rings. The molecule has 1 aromatic carbocycles. The molecule has 1 aromatic rings. The number of rotatable bonds is 4. The summed E-state index contributed by atoms with van der Waals surface area (Å²) in [5.74, 6) is 1.08. The normalized spacial score (nSPS) is 11.9. The Hall–Kier alpha value is -0.740. The van der Waals surface area contributed by atoms with Crippen LogP contribution in [0.2, 0.25) is 0 Å². The van der Waals surface area contributed by atoms with Gasteiger partial charge in [-0.2, -0.15) is 11.8 Å². The van der Waals surface area contributed by atoms with Gasteiger partial charge in [0, 0.05) is 24.5 Å². The van der Waals surface area contributed by atoms with E-state index >= 15 is 0 Å². The average molecular weight is 254 g/mol. The van der Waals surface area contributed by atoms with Crippen LogP contribution < -0.4 is 5.32 Å². The quantitative estimate of drug-likeness (QED) is 0.830. The first-order valence-electron chi connectivity index (χ1n) is 5.23. The van der Waals surface area contributed by atoms with Crippen LogP contribution in [0.15, 0.2) is 30.3 Å². The lowest BCUT2D eigenvalue weighted by molar-refractivity contribution is 0.429. The Balaban J connectivity index is 2.52. The van der Waals surface area contributed by atoms with Crippen molar-refractivity contribution in [2.75, 3.05) is 24.4 Å². The minimum Gasteiger partial charge on any atom is -0.349 e. The number of hydrogen-bond donors (Lipinski definition) is 1. The van der Waals surface area contributed by atoms with Crippen LogP contribution in [0.4, 0.5) is 5.69 Å². The Morgan fingerprint density at radius 1 is 1.44 bits per heavy atom. The van der Waals surface area contributed by atoms with Gasteiger partial charge < -0.3 is 10.2 Å². The van der Waals surface area contributed by atoms with Gasteiger partial charge in [0.15, 0.2) is 5.11 Å². The number of thioether (sulfide) groups is 1. The number of hydrogen-bond acceptors (Lipinski definition) is 2. The van der Waals surface area contributed by atoms with Gasteiger partial charge in [0.05, 0.1) is 0 Å². The van der Waals surface area contributed by atoms with E-state index in [9.17, 15) is 0 Å². The lowest BCUT2D eigenvalue weighted by atomic mass is 10.3. The summed E-state index contributed by atoms with van der Waals surface area (Å²) in [6.45, 7) is 2.18. The van der Waals surface area contributed by atoms with E-state index in [-0.39, 0.29) is 0 Å². The van der Waals surface area contributed by atoms with E-state index in [0.29, 0.717) is 6.04 Å². The summed E-state index contributed by atoms with van der Waals surface area (Å²) in [6, 6.07) is 10.5. The van der Waals surface area contributed by atoms with Crippen LogP contribution in [-0.4, -0.2) is 35.1 Å². The second-order valence-corrected chi connectivity index (χ2v) is 5.01. The summed E-state index contributed by atoms with van der Waals surface area (Å²) in [4.78, 5) is 2.10. The van der Waals surface area contributed by atoms with Crippen LogP contribution in [-0.2, 0) is 0 Å². The zero-order valence-electron chi connectivity index (χ0n) is 9.93. The first kappa shape index (κ1) is 13.3. The Morgan fingerprint density at radius 3 is 2.62 bits per heavy atom. The molecule has 1 rings (SSSR count). The summed E-state index contributed by atoms with van der Waals surface area (Å²) in [5.41, 5.74) is 1.04. The van der Waals surface area contributed by atoms with E-state index in [1.807, 2.05) is 49.1 Å². The highest BCUT2D eigenvalue weighted by atomic mass is 32.2. The Bertz CT molecular complexity index is 327. The van der Waals surface area contributed by atoms with Gasteiger partial charge in [0.2, 0.25) is 0 Å². The van der Waals surface area contributed by atoms with E-state index in [1.54, 1.807) is 0 Å². The molecule has 0 heterocycles. The van der Waals surface area contributed by atoms with Gasteiger partial charge in [0.25, 0.3) is 0 Å².